The first-order chi connectivity index (χ1) is 8.68. The Labute approximate surface area is 105 Å². The van der Waals surface area contributed by atoms with Crippen LogP contribution in [0.2, 0.25) is 0 Å². The maximum atomic E-state index is 11.9. The first-order valence-corrected chi connectivity index (χ1v) is 6.00. The van der Waals surface area contributed by atoms with Gasteiger partial charge >= 0.3 is 5.97 Å². The van der Waals surface area contributed by atoms with Gasteiger partial charge in [-0.3, -0.25) is 4.79 Å². The predicted octanol–water partition coefficient (Wildman–Crippen LogP) is 0.680. The van der Waals surface area contributed by atoms with E-state index >= 15 is 0 Å². The topological polar surface area (TPSA) is 78.4 Å². The lowest BCUT2D eigenvalue weighted by Gasteiger charge is -2.17. The zero-order valence-corrected chi connectivity index (χ0v) is 9.93. The van der Waals surface area contributed by atoms with E-state index in [1.54, 1.807) is 24.3 Å². The van der Waals surface area contributed by atoms with Crippen molar-refractivity contribution in [3.05, 3.63) is 35.9 Å². The molecule has 1 aromatic carbocycles. The van der Waals surface area contributed by atoms with Crippen LogP contribution in [0.15, 0.2) is 30.3 Å². The summed E-state index contributed by atoms with van der Waals surface area (Å²) in [5.74, 6) is -1.30. The van der Waals surface area contributed by atoms with Crippen molar-refractivity contribution >= 4 is 11.9 Å². The zero-order chi connectivity index (χ0) is 13.0. The Morgan fingerprint density at radius 3 is 2.61 bits per heavy atom. The van der Waals surface area contributed by atoms with Crippen molar-refractivity contribution in [3.63, 3.8) is 0 Å². The van der Waals surface area contributed by atoms with Crippen LogP contribution in [0.25, 0.3) is 0 Å². The molecule has 2 rings (SSSR count). The average molecular weight is 248 g/mol. The van der Waals surface area contributed by atoms with E-state index in [4.69, 9.17) is 0 Å². The second kappa shape index (κ2) is 5.64. The van der Waals surface area contributed by atoms with Gasteiger partial charge in [-0.2, -0.15) is 0 Å². The average Bonchev–Trinajstić information content (AvgIpc) is 2.90. The van der Waals surface area contributed by atoms with Crippen molar-refractivity contribution in [2.45, 2.75) is 24.9 Å². The van der Waals surface area contributed by atoms with Crippen LogP contribution in [0, 0.1) is 0 Å². The maximum Gasteiger partial charge on any atom is 0.330 e. The highest BCUT2D eigenvalue weighted by Gasteiger charge is 2.27. The van der Waals surface area contributed by atoms with Crippen LogP contribution in [0.3, 0.4) is 0 Å². The molecule has 0 unspecified atom stereocenters. The third-order valence-corrected chi connectivity index (χ3v) is 3.04. The molecule has 5 heteroatoms. The van der Waals surface area contributed by atoms with Gasteiger partial charge in [-0.1, -0.05) is 30.3 Å². The molecule has 0 aliphatic carbocycles. The Balaban J connectivity index is 2.07. The summed E-state index contributed by atoms with van der Waals surface area (Å²) in [5.41, 5.74) is 0.580. The molecule has 96 valence electrons. The molecular weight excluding hydrogens is 232 g/mol. The fraction of sp³-hybridized carbons (Fsp3) is 0.385. The SMILES string of the molecule is O=C(N[C@@H](C(=O)O)c1ccccc1)[C@@H]1CCCN1. The molecule has 5 nitrogen and oxygen atoms in total. The van der Waals surface area contributed by atoms with Gasteiger partial charge in [0.25, 0.3) is 0 Å². The molecule has 3 N–H and O–H groups in total. The summed E-state index contributed by atoms with van der Waals surface area (Å²) in [6.45, 7) is 0.807. The normalized spacial score (nSPS) is 20.3. The van der Waals surface area contributed by atoms with Gasteiger partial charge in [0.1, 0.15) is 0 Å². The largest absolute Gasteiger partial charge is 0.479 e. The molecule has 1 aromatic rings. The highest BCUT2D eigenvalue weighted by Crippen LogP contribution is 2.14. The molecule has 0 aromatic heterocycles. The number of aliphatic carboxylic acids is 1. The molecule has 0 bridgehead atoms. The van der Waals surface area contributed by atoms with Gasteiger partial charge in [-0.15, -0.1) is 0 Å². The molecule has 0 spiro atoms. The Morgan fingerprint density at radius 2 is 2.06 bits per heavy atom. The monoisotopic (exact) mass is 248 g/mol. The highest BCUT2D eigenvalue weighted by atomic mass is 16.4. The second-order valence-corrected chi connectivity index (χ2v) is 4.34. The van der Waals surface area contributed by atoms with E-state index in [1.807, 2.05) is 6.07 Å². The van der Waals surface area contributed by atoms with Gasteiger partial charge in [0.05, 0.1) is 6.04 Å². The molecule has 1 aliphatic heterocycles. The predicted molar refractivity (Wildman–Crippen MR) is 66.0 cm³/mol. The van der Waals surface area contributed by atoms with Crippen LogP contribution >= 0.6 is 0 Å². The van der Waals surface area contributed by atoms with Crippen LogP contribution in [-0.4, -0.2) is 29.6 Å². The lowest BCUT2D eigenvalue weighted by molar-refractivity contribution is -0.142. The molecule has 1 aliphatic rings. The zero-order valence-electron chi connectivity index (χ0n) is 9.93. The molecular formula is C13H16N2O3. The first-order valence-electron chi connectivity index (χ1n) is 6.00. The quantitative estimate of drug-likeness (QED) is 0.732. The maximum absolute atomic E-state index is 11.9. The minimum Gasteiger partial charge on any atom is -0.479 e. The first kappa shape index (κ1) is 12.6. The fourth-order valence-electron chi connectivity index (χ4n) is 2.08. The van der Waals surface area contributed by atoms with Crippen LogP contribution < -0.4 is 10.6 Å². The third-order valence-electron chi connectivity index (χ3n) is 3.04. The minimum atomic E-state index is -1.05. The Morgan fingerprint density at radius 1 is 1.33 bits per heavy atom. The molecule has 1 saturated heterocycles. The summed E-state index contributed by atoms with van der Waals surface area (Å²) < 4.78 is 0. The smallest absolute Gasteiger partial charge is 0.330 e. The van der Waals surface area contributed by atoms with Gasteiger partial charge in [0, 0.05) is 0 Å². The van der Waals surface area contributed by atoms with Gasteiger partial charge in [0.2, 0.25) is 5.91 Å². The molecule has 2 atom stereocenters. The number of carbonyl (C=O) groups is 2. The standard InChI is InChI=1S/C13H16N2O3/c16-12(10-7-4-8-14-10)15-11(13(17)18)9-5-2-1-3-6-9/h1-3,5-6,10-11,14H,4,7-8H2,(H,15,16)(H,17,18)/t10-,11+/m0/s1. The Hall–Kier alpha value is -1.88. The Kier molecular flexibility index (Phi) is 3.94. The van der Waals surface area contributed by atoms with Crippen LogP contribution in [0.5, 0.6) is 0 Å². The number of nitrogens with one attached hydrogen (secondary N) is 2. The number of carboxylic acid groups (broad SMARTS) is 1. The lowest BCUT2D eigenvalue weighted by atomic mass is 10.1. The van der Waals surface area contributed by atoms with E-state index in [-0.39, 0.29) is 11.9 Å². The molecule has 18 heavy (non-hydrogen) atoms. The number of rotatable bonds is 4. The summed E-state index contributed by atoms with van der Waals surface area (Å²) in [6.07, 6.45) is 1.70. The molecule has 0 radical (unpaired) electrons. The van der Waals surface area contributed by atoms with Crippen LogP contribution in [0.1, 0.15) is 24.4 Å². The number of carboxylic acids is 1. The number of amides is 1. The number of carbonyl (C=O) groups excluding carboxylic acids is 1. The molecule has 1 amide bonds. The summed E-state index contributed by atoms with van der Waals surface area (Å²) >= 11 is 0. The van der Waals surface area contributed by atoms with Gasteiger partial charge in [0.15, 0.2) is 6.04 Å². The van der Waals surface area contributed by atoms with E-state index in [0.717, 1.165) is 19.4 Å². The van der Waals surface area contributed by atoms with Crippen LogP contribution in [0.4, 0.5) is 0 Å². The summed E-state index contributed by atoms with van der Waals surface area (Å²) in [6, 6.07) is 7.46. The Bertz CT molecular complexity index is 427. The van der Waals surface area contributed by atoms with Gasteiger partial charge in [-0.05, 0) is 24.9 Å². The van der Waals surface area contributed by atoms with E-state index in [1.165, 1.54) is 0 Å². The molecule has 1 fully saturated rings. The second-order valence-electron chi connectivity index (χ2n) is 4.34. The van der Waals surface area contributed by atoms with E-state index in [2.05, 4.69) is 10.6 Å². The van der Waals surface area contributed by atoms with E-state index in [0.29, 0.717) is 5.56 Å². The number of hydrogen-bond donors (Lipinski definition) is 3. The van der Waals surface area contributed by atoms with E-state index in [9.17, 15) is 14.7 Å². The van der Waals surface area contributed by atoms with Crippen molar-refractivity contribution in [2.24, 2.45) is 0 Å². The van der Waals surface area contributed by atoms with Crippen molar-refractivity contribution < 1.29 is 14.7 Å². The fourth-order valence-corrected chi connectivity index (χ4v) is 2.08. The third kappa shape index (κ3) is 2.87. The van der Waals surface area contributed by atoms with Gasteiger partial charge < -0.3 is 15.7 Å². The minimum absolute atomic E-state index is 0.247. The summed E-state index contributed by atoms with van der Waals surface area (Å²) in [7, 11) is 0. The molecule has 1 heterocycles. The summed E-state index contributed by atoms with van der Waals surface area (Å²) in [4.78, 5) is 23.1. The highest BCUT2D eigenvalue weighted by molar-refractivity contribution is 5.87. The summed E-state index contributed by atoms with van der Waals surface area (Å²) in [5, 5.41) is 14.8. The number of benzene rings is 1. The lowest BCUT2D eigenvalue weighted by Crippen LogP contribution is -2.44. The number of hydrogen-bond acceptors (Lipinski definition) is 3. The van der Waals surface area contributed by atoms with Crippen molar-refractivity contribution in [3.8, 4) is 0 Å². The van der Waals surface area contributed by atoms with Crippen LogP contribution in [-0.2, 0) is 9.59 Å². The van der Waals surface area contributed by atoms with Crippen molar-refractivity contribution in [2.75, 3.05) is 6.54 Å². The van der Waals surface area contributed by atoms with Crippen molar-refractivity contribution in [1.82, 2.24) is 10.6 Å². The van der Waals surface area contributed by atoms with Gasteiger partial charge in [-0.25, -0.2) is 4.79 Å². The van der Waals surface area contributed by atoms with E-state index < -0.39 is 12.0 Å². The van der Waals surface area contributed by atoms with Crippen molar-refractivity contribution in [1.29, 1.82) is 0 Å². The molecule has 0 saturated carbocycles.